The van der Waals surface area contributed by atoms with Gasteiger partial charge in [-0.3, -0.25) is 4.90 Å². The Kier molecular flexibility index (Phi) is 6.28. The van der Waals surface area contributed by atoms with Crippen LogP contribution in [0.15, 0.2) is 72.8 Å². The maximum atomic E-state index is 9.65. The summed E-state index contributed by atoms with van der Waals surface area (Å²) >= 11 is 0. The Labute approximate surface area is 189 Å². The Morgan fingerprint density at radius 2 is 1.56 bits per heavy atom. The van der Waals surface area contributed by atoms with Crippen molar-refractivity contribution in [2.45, 2.75) is 32.2 Å². The molecule has 164 valence electrons. The number of ether oxygens (including phenoxy) is 1. The zero-order chi connectivity index (χ0) is 21.9. The van der Waals surface area contributed by atoms with Crippen molar-refractivity contribution in [3.8, 4) is 5.75 Å². The predicted octanol–water partition coefficient (Wildman–Crippen LogP) is 3.23. The van der Waals surface area contributed by atoms with Gasteiger partial charge in [-0.05, 0) is 35.2 Å². The number of aliphatic hydroxyl groups is 1. The maximum absolute atomic E-state index is 9.65. The van der Waals surface area contributed by atoms with E-state index in [1.54, 1.807) is 0 Å². The fourth-order valence-corrected chi connectivity index (χ4v) is 4.64. The molecule has 0 saturated heterocycles. The summed E-state index contributed by atoms with van der Waals surface area (Å²) in [6.07, 6.45) is -0.535. The van der Waals surface area contributed by atoms with E-state index in [9.17, 15) is 5.11 Å². The van der Waals surface area contributed by atoms with Crippen molar-refractivity contribution < 1.29 is 19.2 Å². The molecule has 6 heteroatoms. The highest BCUT2D eigenvalue weighted by Gasteiger charge is 2.44. The molecule has 2 aliphatic rings. The van der Waals surface area contributed by atoms with Crippen molar-refractivity contribution in [3.05, 3.63) is 95.1 Å². The van der Waals surface area contributed by atoms with E-state index in [0.717, 1.165) is 36.4 Å². The molecule has 0 fully saturated rings. The molecule has 5 rings (SSSR count). The van der Waals surface area contributed by atoms with Gasteiger partial charge in [0.2, 0.25) is 0 Å². The molecule has 3 aromatic rings. The van der Waals surface area contributed by atoms with Crippen molar-refractivity contribution in [2.24, 2.45) is 0 Å². The molecule has 0 bridgehead atoms. The van der Waals surface area contributed by atoms with Gasteiger partial charge in [0.25, 0.3) is 0 Å². The number of benzene rings is 3. The van der Waals surface area contributed by atoms with E-state index in [2.05, 4.69) is 66.4 Å². The Morgan fingerprint density at radius 3 is 2.19 bits per heavy atom. The van der Waals surface area contributed by atoms with Crippen LogP contribution in [0, 0.1) is 6.92 Å². The van der Waals surface area contributed by atoms with Crippen LogP contribution in [-0.2, 0) is 22.4 Å². The van der Waals surface area contributed by atoms with E-state index in [4.69, 9.17) is 14.0 Å². The Morgan fingerprint density at radius 1 is 0.906 bits per heavy atom. The first-order valence-electron chi connectivity index (χ1n) is 11.2. The van der Waals surface area contributed by atoms with Gasteiger partial charge in [0.05, 0.1) is 12.7 Å². The third-order valence-electron chi connectivity index (χ3n) is 6.18. The molecule has 0 amide bonds. The van der Waals surface area contributed by atoms with Gasteiger partial charge in [0, 0.05) is 25.1 Å². The molecule has 5 nitrogen and oxygen atoms in total. The molecule has 0 saturated carbocycles. The summed E-state index contributed by atoms with van der Waals surface area (Å²) < 4.78 is 18.5. The zero-order valence-corrected chi connectivity index (χ0v) is 18.3. The molecule has 2 atom stereocenters. The number of hydrogen-bond donors (Lipinski definition) is 1. The largest absolute Gasteiger partial charge is 0.498 e. The van der Waals surface area contributed by atoms with E-state index in [1.807, 2.05) is 18.2 Å². The fraction of sp³-hybridized carbons (Fsp3) is 0.308. The minimum Gasteiger partial charge on any atom is -0.491 e. The number of hydrogen-bond acceptors (Lipinski definition) is 5. The summed E-state index contributed by atoms with van der Waals surface area (Å²) in [6.45, 7) is 4.72. The van der Waals surface area contributed by atoms with Gasteiger partial charge in [0.1, 0.15) is 18.5 Å². The van der Waals surface area contributed by atoms with Crippen LogP contribution in [0.5, 0.6) is 5.75 Å². The Balaban J connectivity index is 1.44. The van der Waals surface area contributed by atoms with Crippen LogP contribution in [0.4, 0.5) is 0 Å². The van der Waals surface area contributed by atoms with E-state index in [0.29, 0.717) is 6.61 Å². The smallest absolute Gasteiger partial charge is 0.491 e. The molecule has 0 radical (unpaired) electrons. The van der Waals surface area contributed by atoms with Gasteiger partial charge in [-0.15, -0.1) is 0 Å². The lowest BCUT2D eigenvalue weighted by atomic mass is 9.76. The molecule has 3 aromatic carbocycles. The summed E-state index contributed by atoms with van der Waals surface area (Å²) in [5, 5.41) is 9.65. The molecule has 0 spiro atoms. The second kappa shape index (κ2) is 9.47. The monoisotopic (exact) mass is 429 g/mol. The molecule has 2 heterocycles. The lowest BCUT2D eigenvalue weighted by Crippen LogP contribution is -2.37. The minimum atomic E-state index is -0.514. The van der Waals surface area contributed by atoms with Gasteiger partial charge in [-0.2, -0.15) is 0 Å². The molecule has 2 aliphatic heterocycles. The van der Waals surface area contributed by atoms with Gasteiger partial charge >= 0.3 is 7.12 Å². The quantitative estimate of drug-likeness (QED) is 0.585. The molecule has 0 aliphatic carbocycles. The minimum absolute atomic E-state index is 0.0963. The first kappa shape index (κ1) is 21.2. The maximum Gasteiger partial charge on any atom is 0.498 e. The van der Waals surface area contributed by atoms with Gasteiger partial charge in [-0.1, -0.05) is 66.7 Å². The SMILES string of the molecule is Cc1ccc2c3c1[C@@H](CN(Cc1ccccc1)Cc1ccccc1)OB3O[C@H](CO)CO2. The first-order chi connectivity index (χ1) is 15.7. The van der Waals surface area contributed by atoms with Gasteiger partial charge in [0.15, 0.2) is 0 Å². The number of aryl methyl sites for hydroxylation is 1. The van der Waals surface area contributed by atoms with Gasteiger partial charge < -0.3 is 19.2 Å². The standard InChI is InChI=1S/C26H28BNO4/c1-19-12-13-23-26-25(19)24(32-27(26)31-22(17-29)18-30-23)16-28(14-20-8-4-2-5-9-20)15-21-10-6-3-7-11-21/h2-13,22,24,29H,14-18H2,1H3/t22-,24-/m1/s1. The third kappa shape index (κ3) is 4.45. The van der Waals surface area contributed by atoms with E-state index in [1.165, 1.54) is 16.7 Å². The lowest BCUT2D eigenvalue weighted by Gasteiger charge is -2.27. The van der Waals surface area contributed by atoms with Crippen molar-refractivity contribution >= 4 is 12.6 Å². The van der Waals surface area contributed by atoms with Crippen LogP contribution in [0.3, 0.4) is 0 Å². The highest BCUT2D eigenvalue weighted by Crippen LogP contribution is 2.34. The third-order valence-corrected chi connectivity index (χ3v) is 6.18. The summed E-state index contributed by atoms with van der Waals surface area (Å²) in [6, 6.07) is 25.1. The van der Waals surface area contributed by atoms with Crippen LogP contribution >= 0.6 is 0 Å². The predicted molar refractivity (Wildman–Crippen MR) is 125 cm³/mol. The lowest BCUT2D eigenvalue weighted by molar-refractivity contribution is 0.0410. The summed E-state index contributed by atoms with van der Waals surface area (Å²) in [5.41, 5.74) is 5.84. The van der Waals surface area contributed by atoms with Crippen molar-refractivity contribution in [1.29, 1.82) is 0 Å². The highest BCUT2D eigenvalue weighted by molar-refractivity contribution is 6.64. The zero-order valence-electron chi connectivity index (χ0n) is 18.3. The molecule has 32 heavy (non-hydrogen) atoms. The van der Waals surface area contributed by atoms with Crippen LogP contribution in [-0.4, -0.2) is 43.0 Å². The van der Waals surface area contributed by atoms with Gasteiger partial charge in [-0.25, -0.2) is 0 Å². The normalized spacial score (nSPS) is 19.5. The van der Waals surface area contributed by atoms with Crippen LogP contribution in [0.2, 0.25) is 0 Å². The fourth-order valence-electron chi connectivity index (χ4n) is 4.64. The van der Waals surface area contributed by atoms with E-state index in [-0.39, 0.29) is 12.7 Å². The molecular formula is C26H28BNO4. The average molecular weight is 429 g/mol. The summed E-state index contributed by atoms with van der Waals surface area (Å²) in [4.78, 5) is 2.42. The van der Waals surface area contributed by atoms with Crippen LogP contribution < -0.4 is 10.2 Å². The highest BCUT2D eigenvalue weighted by atomic mass is 16.6. The van der Waals surface area contributed by atoms with E-state index < -0.39 is 13.2 Å². The Bertz CT molecular complexity index is 1000. The van der Waals surface area contributed by atoms with E-state index >= 15 is 0 Å². The summed E-state index contributed by atoms with van der Waals surface area (Å²) in [5.74, 6) is 0.798. The molecule has 1 N–H and O–H groups in total. The average Bonchev–Trinajstić information content (AvgIpc) is 3.07. The van der Waals surface area contributed by atoms with Crippen LogP contribution in [0.1, 0.15) is 28.4 Å². The number of aliphatic hydroxyl groups excluding tert-OH is 1. The first-order valence-corrected chi connectivity index (χ1v) is 11.2. The van der Waals surface area contributed by atoms with Crippen molar-refractivity contribution in [1.82, 2.24) is 4.90 Å². The molecular weight excluding hydrogens is 401 g/mol. The summed E-state index contributed by atoms with van der Waals surface area (Å²) in [7, 11) is -0.514. The van der Waals surface area contributed by atoms with Crippen molar-refractivity contribution in [3.63, 3.8) is 0 Å². The molecule has 0 unspecified atom stereocenters. The Hall–Kier alpha value is -2.64. The second-order valence-corrected chi connectivity index (χ2v) is 8.56. The van der Waals surface area contributed by atoms with Crippen LogP contribution in [0.25, 0.3) is 0 Å². The van der Waals surface area contributed by atoms with Crippen molar-refractivity contribution in [2.75, 3.05) is 19.8 Å². The number of rotatable bonds is 7. The second-order valence-electron chi connectivity index (χ2n) is 8.56. The number of nitrogens with zero attached hydrogens (tertiary/aromatic N) is 1. The topological polar surface area (TPSA) is 51.2 Å². The molecule has 0 aromatic heterocycles.